The Balaban J connectivity index is 2.62. The Morgan fingerprint density at radius 2 is 2.07 bits per heavy atom. The first-order valence-corrected chi connectivity index (χ1v) is 5.61. The number of allylic oxidation sites excluding steroid dienone is 1. The van der Waals surface area contributed by atoms with Gasteiger partial charge in [-0.1, -0.05) is 61.2 Å². The molecule has 0 aromatic heterocycles. The van der Waals surface area contributed by atoms with E-state index in [-0.39, 0.29) is 0 Å². The van der Waals surface area contributed by atoms with E-state index >= 15 is 0 Å². The van der Waals surface area contributed by atoms with Gasteiger partial charge in [0, 0.05) is 10.0 Å². The lowest BCUT2D eigenvalue weighted by molar-refractivity contribution is 0.816. The second-order valence-electron chi connectivity index (χ2n) is 3.21. The Labute approximate surface area is 95.5 Å². The summed E-state index contributed by atoms with van der Waals surface area (Å²) in [6.45, 7) is 2.18. The molecular weight excluding hydrogens is 215 g/mol. The Kier molecular flexibility index (Phi) is 5.06. The smallest absolute Gasteiger partial charge is 0.0493 e. The highest BCUT2D eigenvalue weighted by Gasteiger charge is 1.96. The minimum atomic E-state index is 0.681. The third kappa shape index (κ3) is 3.73. The quantitative estimate of drug-likeness (QED) is 0.622. The molecule has 1 rings (SSSR count). The molecule has 0 bridgehead atoms. The molecule has 0 radical (unpaired) electrons. The maximum absolute atomic E-state index is 6.01. The molecule has 0 saturated carbocycles. The molecule has 0 N–H and O–H groups in total. The average molecular weight is 229 g/mol. The first-order chi connectivity index (χ1) is 6.74. The van der Waals surface area contributed by atoms with Crippen LogP contribution in [0.25, 0.3) is 6.08 Å². The standard InChI is InChI=1S/C12H14Cl2/c1-2-3-4-5-6-10-7-8-11(13)9-12(10)14/h5-9H,2-4H2,1H3. The van der Waals surface area contributed by atoms with Crippen LogP contribution in [0.15, 0.2) is 24.3 Å². The van der Waals surface area contributed by atoms with Crippen LogP contribution in [0.3, 0.4) is 0 Å². The van der Waals surface area contributed by atoms with E-state index in [2.05, 4.69) is 13.0 Å². The Morgan fingerprint density at radius 3 is 2.71 bits per heavy atom. The summed E-state index contributed by atoms with van der Waals surface area (Å²) in [5, 5.41) is 1.39. The van der Waals surface area contributed by atoms with Gasteiger partial charge >= 0.3 is 0 Å². The molecule has 0 amide bonds. The molecule has 0 aliphatic carbocycles. The van der Waals surface area contributed by atoms with E-state index in [0.29, 0.717) is 10.0 Å². The summed E-state index contributed by atoms with van der Waals surface area (Å²) in [7, 11) is 0. The first-order valence-electron chi connectivity index (χ1n) is 4.85. The molecule has 1 aromatic carbocycles. The molecule has 0 unspecified atom stereocenters. The lowest BCUT2D eigenvalue weighted by atomic mass is 10.1. The van der Waals surface area contributed by atoms with Gasteiger partial charge in [-0.2, -0.15) is 0 Å². The Bertz CT molecular complexity index is 316. The first kappa shape index (κ1) is 11.6. The molecule has 1 aromatic rings. The summed E-state index contributed by atoms with van der Waals surface area (Å²) < 4.78 is 0. The van der Waals surface area contributed by atoms with E-state index in [1.807, 2.05) is 18.2 Å². The summed E-state index contributed by atoms with van der Waals surface area (Å²) in [4.78, 5) is 0. The summed E-state index contributed by atoms with van der Waals surface area (Å²) >= 11 is 11.8. The average Bonchev–Trinajstić information content (AvgIpc) is 2.15. The van der Waals surface area contributed by atoms with Crippen molar-refractivity contribution in [3.63, 3.8) is 0 Å². The van der Waals surface area contributed by atoms with Crippen molar-refractivity contribution in [2.75, 3.05) is 0 Å². The third-order valence-electron chi connectivity index (χ3n) is 1.98. The van der Waals surface area contributed by atoms with Crippen LogP contribution in [0.4, 0.5) is 0 Å². The predicted octanol–water partition coefficient (Wildman–Crippen LogP) is 5.20. The molecule has 2 heteroatoms. The summed E-state index contributed by atoms with van der Waals surface area (Å²) in [5.74, 6) is 0. The van der Waals surface area contributed by atoms with Gasteiger partial charge in [-0.3, -0.25) is 0 Å². The third-order valence-corrected chi connectivity index (χ3v) is 2.55. The second-order valence-corrected chi connectivity index (χ2v) is 4.05. The topological polar surface area (TPSA) is 0 Å². The van der Waals surface area contributed by atoms with Crippen LogP contribution in [-0.4, -0.2) is 0 Å². The van der Waals surface area contributed by atoms with Crippen molar-refractivity contribution in [1.29, 1.82) is 0 Å². The van der Waals surface area contributed by atoms with Gasteiger partial charge in [-0.05, 0) is 24.1 Å². The number of benzene rings is 1. The molecule has 0 aliphatic heterocycles. The maximum atomic E-state index is 6.01. The Morgan fingerprint density at radius 1 is 1.29 bits per heavy atom. The summed E-state index contributed by atoms with van der Waals surface area (Å²) in [6, 6.07) is 5.56. The molecular formula is C12H14Cl2. The molecule has 0 atom stereocenters. The van der Waals surface area contributed by atoms with Gasteiger partial charge in [0.15, 0.2) is 0 Å². The monoisotopic (exact) mass is 228 g/mol. The van der Waals surface area contributed by atoms with E-state index in [9.17, 15) is 0 Å². The number of hydrogen-bond acceptors (Lipinski definition) is 0. The van der Waals surface area contributed by atoms with Crippen LogP contribution in [-0.2, 0) is 0 Å². The number of halogens is 2. The van der Waals surface area contributed by atoms with Crippen molar-refractivity contribution in [2.45, 2.75) is 26.2 Å². The van der Waals surface area contributed by atoms with Crippen LogP contribution in [0.5, 0.6) is 0 Å². The van der Waals surface area contributed by atoms with Crippen molar-refractivity contribution in [1.82, 2.24) is 0 Å². The van der Waals surface area contributed by atoms with Crippen LogP contribution in [0.1, 0.15) is 31.7 Å². The zero-order valence-corrected chi connectivity index (χ0v) is 9.78. The number of unbranched alkanes of at least 4 members (excludes halogenated alkanes) is 2. The van der Waals surface area contributed by atoms with Gasteiger partial charge < -0.3 is 0 Å². The highest BCUT2D eigenvalue weighted by Crippen LogP contribution is 2.22. The van der Waals surface area contributed by atoms with Crippen molar-refractivity contribution in [3.05, 3.63) is 39.9 Å². The molecule has 14 heavy (non-hydrogen) atoms. The SMILES string of the molecule is CCCCC=Cc1ccc(Cl)cc1Cl. The summed E-state index contributed by atoms with van der Waals surface area (Å²) in [6.07, 6.45) is 7.75. The maximum Gasteiger partial charge on any atom is 0.0493 e. The molecule has 0 spiro atoms. The minimum absolute atomic E-state index is 0.681. The normalized spacial score (nSPS) is 11.1. The molecule has 0 heterocycles. The van der Waals surface area contributed by atoms with Crippen LogP contribution in [0, 0.1) is 0 Å². The van der Waals surface area contributed by atoms with Crippen LogP contribution < -0.4 is 0 Å². The van der Waals surface area contributed by atoms with Crippen molar-refractivity contribution in [3.8, 4) is 0 Å². The lowest BCUT2D eigenvalue weighted by Crippen LogP contribution is -1.75. The second kappa shape index (κ2) is 6.10. The van der Waals surface area contributed by atoms with Gasteiger partial charge in [0.1, 0.15) is 0 Å². The predicted molar refractivity (Wildman–Crippen MR) is 65.0 cm³/mol. The number of rotatable bonds is 4. The fourth-order valence-corrected chi connectivity index (χ4v) is 1.64. The fourth-order valence-electron chi connectivity index (χ4n) is 1.17. The van der Waals surface area contributed by atoms with Gasteiger partial charge in [0.05, 0.1) is 0 Å². The van der Waals surface area contributed by atoms with Crippen molar-refractivity contribution >= 4 is 29.3 Å². The molecule has 76 valence electrons. The molecule has 0 fully saturated rings. The molecule has 0 saturated heterocycles. The van der Waals surface area contributed by atoms with Crippen LogP contribution in [0.2, 0.25) is 10.0 Å². The van der Waals surface area contributed by atoms with Crippen molar-refractivity contribution < 1.29 is 0 Å². The highest BCUT2D eigenvalue weighted by atomic mass is 35.5. The minimum Gasteiger partial charge on any atom is -0.0843 e. The molecule has 0 nitrogen and oxygen atoms in total. The number of hydrogen-bond donors (Lipinski definition) is 0. The molecule has 0 aliphatic rings. The highest BCUT2D eigenvalue weighted by molar-refractivity contribution is 6.35. The lowest BCUT2D eigenvalue weighted by Gasteiger charge is -1.98. The van der Waals surface area contributed by atoms with Crippen molar-refractivity contribution in [2.24, 2.45) is 0 Å². The van der Waals surface area contributed by atoms with Gasteiger partial charge in [-0.15, -0.1) is 0 Å². The van der Waals surface area contributed by atoms with Gasteiger partial charge in [-0.25, -0.2) is 0 Å². The van der Waals surface area contributed by atoms with E-state index in [1.54, 1.807) is 6.07 Å². The van der Waals surface area contributed by atoms with E-state index < -0.39 is 0 Å². The van der Waals surface area contributed by atoms with Gasteiger partial charge in [0.25, 0.3) is 0 Å². The van der Waals surface area contributed by atoms with E-state index in [1.165, 1.54) is 12.8 Å². The van der Waals surface area contributed by atoms with Crippen LogP contribution >= 0.6 is 23.2 Å². The van der Waals surface area contributed by atoms with E-state index in [0.717, 1.165) is 12.0 Å². The summed E-state index contributed by atoms with van der Waals surface area (Å²) in [5.41, 5.74) is 1.03. The van der Waals surface area contributed by atoms with Gasteiger partial charge in [0.2, 0.25) is 0 Å². The van der Waals surface area contributed by atoms with E-state index in [4.69, 9.17) is 23.2 Å². The largest absolute Gasteiger partial charge is 0.0843 e. The zero-order chi connectivity index (χ0) is 10.4. The zero-order valence-electron chi connectivity index (χ0n) is 8.26. The Hall–Kier alpha value is -0.460. The fraction of sp³-hybridized carbons (Fsp3) is 0.333.